The van der Waals surface area contributed by atoms with E-state index in [1.807, 2.05) is 0 Å². The number of anilines is 1. The van der Waals surface area contributed by atoms with Gasteiger partial charge in [-0.25, -0.2) is 0 Å². The molecule has 0 radical (unpaired) electrons. The molecule has 3 N–H and O–H groups in total. The molecule has 0 heterocycles. The summed E-state index contributed by atoms with van der Waals surface area (Å²) in [5, 5.41) is 23.2. The molecule has 0 saturated carbocycles. The highest BCUT2D eigenvalue weighted by atomic mass is 35.5. The number of amides is 1. The number of nitrogens with zero attached hydrogens (tertiary/aromatic N) is 2. The van der Waals surface area contributed by atoms with E-state index in [9.17, 15) is 22.9 Å². The van der Waals surface area contributed by atoms with Crippen molar-refractivity contribution in [3.8, 4) is 11.5 Å². The number of halogens is 2. The van der Waals surface area contributed by atoms with Crippen LogP contribution < -0.4 is 10.1 Å². The van der Waals surface area contributed by atoms with E-state index >= 15 is 0 Å². The number of rotatable bonds is 7. The van der Waals surface area contributed by atoms with Gasteiger partial charge in [0.05, 0.1) is 17.9 Å². The summed E-state index contributed by atoms with van der Waals surface area (Å²) in [5.41, 5.74) is 0.203. The van der Waals surface area contributed by atoms with Crippen molar-refractivity contribution in [3.05, 3.63) is 81.8 Å². The van der Waals surface area contributed by atoms with Gasteiger partial charge in [0, 0.05) is 10.4 Å². The number of hydrogen-bond acceptors (Lipinski definition) is 7. The maximum absolute atomic E-state index is 13.2. The second kappa shape index (κ2) is 11.0. The summed E-state index contributed by atoms with van der Waals surface area (Å²) >= 11 is 12.3. The molecule has 4 rings (SSSR count). The van der Waals surface area contributed by atoms with Crippen LogP contribution in [0.25, 0.3) is 10.8 Å². The molecule has 4 aromatic carbocycles. The molecule has 0 saturated heterocycles. The van der Waals surface area contributed by atoms with E-state index in [0.717, 1.165) is 6.07 Å². The molecule has 1 amide bonds. The quantitative estimate of drug-likeness (QED) is 0.155. The first-order valence-electron chi connectivity index (χ1n) is 11.2. The molecule has 0 aliphatic heterocycles. The number of hydrogen-bond donors (Lipinski definition) is 3. The van der Waals surface area contributed by atoms with Crippen LogP contribution in [0.5, 0.6) is 11.5 Å². The van der Waals surface area contributed by atoms with Crippen LogP contribution >= 0.6 is 23.2 Å². The Kier molecular flexibility index (Phi) is 7.89. The first kappa shape index (κ1) is 27.3. The summed E-state index contributed by atoms with van der Waals surface area (Å²) < 4.78 is 39.0. The molecular formula is C26H21Cl2N3O6S. The molecule has 9 nitrogen and oxygen atoms in total. The first-order valence-corrected chi connectivity index (χ1v) is 13.4. The van der Waals surface area contributed by atoms with E-state index in [1.54, 1.807) is 49.4 Å². The molecule has 0 bridgehead atoms. The van der Waals surface area contributed by atoms with Crippen molar-refractivity contribution in [1.82, 2.24) is 0 Å². The maximum atomic E-state index is 13.2. The zero-order chi connectivity index (χ0) is 27.6. The summed E-state index contributed by atoms with van der Waals surface area (Å²) in [6, 6.07) is 15.7. The number of azo groups is 1. The highest BCUT2D eigenvalue weighted by Gasteiger charge is 2.22. The fraction of sp³-hybridized carbons (Fsp3) is 0.115. The molecule has 0 aliphatic carbocycles. The number of phenols is 1. The second-order valence-electron chi connectivity index (χ2n) is 8.09. The standard InChI is InChI=1S/C26H21Cl2N3O6S/c1-3-37-20-10-6-9-19(22(20)28)29-26(33)18-12-15-7-4-5-8-17(15)24(25(18)32)31-30-23-14(2)11-16(27)13-21(23)38(34,35)36/h4-13,32H,3H2,1-2H3,(H,29,33)(H,34,35,36). The van der Waals surface area contributed by atoms with Gasteiger partial charge < -0.3 is 15.2 Å². The molecule has 0 atom stereocenters. The molecule has 38 heavy (non-hydrogen) atoms. The van der Waals surface area contributed by atoms with Crippen LogP contribution in [-0.2, 0) is 10.1 Å². The number of aromatic hydroxyl groups is 1. The molecule has 12 heteroatoms. The van der Waals surface area contributed by atoms with Crippen LogP contribution in [0.2, 0.25) is 10.0 Å². The average molecular weight is 574 g/mol. The zero-order valence-corrected chi connectivity index (χ0v) is 22.4. The lowest BCUT2D eigenvalue weighted by Gasteiger charge is -2.13. The third kappa shape index (κ3) is 5.58. The van der Waals surface area contributed by atoms with Gasteiger partial charge in [0.2, 0.25) is 0 Å². The maximum Gasteiger partial charge on any atom is 0.296 e. The summed E-state index contributed by atoms with van der Waals surface area (Å²) in [6.07, 6.45) is 0. The van der Waals surface area contributed by atoms with Crippen molar-refractivity contribution in [2.24, 2.45) is 10.2 Å². The smallest absolute Gasteiger partial charge is 0.296 e. The predicted octanol–water partition coefficient (Wildman–Crippen LogP) is 7.47. The van der Waals surface area contributed by atoms with Crippen LogP contribution in [0.4, 0.5) is 17.1 Å². The molecular weight excluding hydrogens is 553 g/mol. The van der Waals surface area contributed by atoms with Gasteiger partial charge in [-0.15, -0.1) is 10.2 Å². The molecule has 4 aromatic rings. The summed E-state index contributed by atoms with van der Waals surface area (Å²) in [5.74, 6) is -0.791. The molecule has 0 spiro atoms. The Morgan fingerprint density at radius 3 is 2.45 bits per heavy atom. The van der Waals surface area contributed by atoms with Crippen molar-refractivity contribution in [2.45, 2.75) is 18.7 Å². The lowest BCUT2D eigenvalue weighted by Crippen LogP contribution is -2.13. The number of phenolic OH excluding ortho intramolecular Hbond substituents is 1. The van der Waals surface area contributed by atoms with E-state index in [-0.39, 0.29) is 32.7 Å². The number of nitrogens with one attached hydrogen (secondary N) is 1. The van der Waals surface area contributed by atoms with Crippen molar-refractivity contribution in [1.29, 1.82) is 0 Å². The monoisotopic (exact) mass is 573 g/mol. The highest BCUT2D eigenvalue weighted by Crippen LogP contribution is 2.41. The Labute approximate surface area is 228 Å². The predicted molar refractivity (Wildman–Crippen MR) is 146 cm³/mol. The van der Waals surface area contributed by atoms with Gasteiger partial charge >= 0.3 is 0 Å². The lowest BCUT2D eigenvalue weighted by atomic mass is 10.0. The van der Waals surface area contributed by atoms with Gasteiger partial charge in [-0.05, 0) is 55.1 Å². The van der Waals surface area contributed by atoms with Crippen molar-refractivity contribution < 1.29 is 27.6 Å². The minimum Gasteiger partial charge on any atom is -0.505 e. The number of benzene rings is 4. The van der Waals surface area contributed by atoms with E-state index < -0.39 is 26.7 Å². The second-order valence-corrected chi connectivity index (χ2v) is 10.3. The average Bonchev–Trinajstić information content (AvgIpc) is 2.85. The van der Waals surface area contributed by atoms with Crippen molar-refractivity contribution >= 4 is 67.1 Å². The fourth-order valence-electron chi connectivity index (χ4n) is 3.79. The first-order chi connectivity index (χ1) is 18.0. The summed E-state index contributed by atoms with van der Waals surface area (Å²) in [6.45, 7) is 3.72. The third-order valence-corrected chi connectivity index (χ3v) is 6.98. The van der Waals surface area contributed by atoms with Crippen molar-refractivity contribution in [3.63, 3.8) is 0 Å². The topological polar surface area (TPSA) is 138 Å². The van der Waals surface area contributed by atoms with Crippen LogP contribution in [-0.4, -0.2) is 30.6 Å². The number of fused-ring (bicyclic) bond motifs is 1. The van der Waals surface area contributed by atoms with Crippen LogP contribution in [0.1, 0.15) is 22.8 Å². The molecule has 196 valence electrons. The number of carbonyl (C=O) groups is 1. The zero-order valence-electron chi connectivity index (χ0n) is 20.1. The van der Waals surface area contributed by atoms with Gasteiger partial charge in [0.25, 0.3) is 16.0 Å². The van der Waals surface area contributed by atoms with E-state index in [4.69, 9.17) is 27.9 Å². The SMILES string of the molecule is CCOc1cccc(NC(=O)c2cc3ccccc3c(N=Nc3c(C)cc(Cl)cc3S(=O)(=O)O)c2O)c1Cl. The Morgan fingerprint density at radius 2 is 1.74 bits per heavy atom. The minimum absolute atomic E-state index is 0.0770. The molecule has 0 unspecified atom stereocenters. The Morgan fingerprint density at radius 1 is 1.03 bits per heavy atom. The Bertz CT molecular complexity index is 1710. The number of carbonyl (C=O) groups excluding carboxylic acids is 1. The normalized spacial score (nSPS) is 11.7. The van der Waals surface area contributed by atoms with Gasteiger partial charge in [0.1, 0.15) is 27.0 Å². The lowest BCUT2D eigenvalue weighted by molar-refractivity contribution is 0.102. The third-order valence-electron chi connectivity index (χ3n) is 5.51. The largest absolute Gasteiger partial charge is 0.505 e. The van der Waals surface area contributed by atoms with Crippen LogP contribution in [0, 0.1) is 6.92 Å². The van der Waals surface area contributed by atoms with Crippen LogP contribution in [0.3, 0.4) is 0 Å². The van der Waals surface area contributed by atoms with Gasteiger partial charge in [-0.3, -0.25) is 9.35 Å². The Balaban J connectivity index is 1.83. The van der Waals surface area contributed by atoms with E-state index in [2.05, 4.69) is 15.5 Å². The summed E-state index contributed by atoms with van der Waals surface area (Å²) in [4.78, 5) is 12.7. The van der Waals surface area contributed by atoms with Crippen LogP contribution in [0.15, 0.2) is 75.8 Å². The number of aryl methyl sites for hydroxylation is 1. The molecule has 0 aliphatic rings. The fourth-order valence-corrected chi connectivity index (χ4v) is 5.07. The van der Waals surface area contributed by atoms with E-state index in [1.165, 1.54) is 19.1 Å². The summed E-state index contributed by atoms with van der Waals surface area (Å²) in [7, 11) is -4.69. The molecule has 0 aromatic heterocycles. The number of ether oxygens (including phenoxy) is 1. The molecule has 0 fully saturated rings. The minimum atomic E-state index is -4.69. The van der Waals surface area contributed by atoms with Gasteiger partial charge in [0.15, 0.2) is 5.75 Å². The van der Waals surface area contributed by atoms with Gasteiger partial charge in [-0.1, -0.05) is 53.5 Å². The van der Waals surface area contributed by atoms with Crippen molar-refractivity contribution in [2.75, 3.05) is 11.9 Å². The van der Waals surface area contributed by atoms with E-state index in [0.29, 0.717) is 28.7 Å². The van der Waals surface area contributed by atoms with Gasteiger partial charge in [-0.2, -0.15) is 8.42 Å². The Hall–Kier alpha value is -3.70. The highest BCUT2D eigenvalue weighted by molar-refractivity contribution is 7.86.